The largest absolute Gasteiger partial charge is 0.497 e. The van der Waals surface area contributed by atoms with Crippen LogP contribution >= 0.6 is 10.7 Å². The van der Waals surface area contributed by atoms with E-state index in [2.05, 4.69) is 0 Å². The molecule has 19 heavy (non-hydrogen) atoms. The highest BCUT2D eigenvalue weighted by atomic mass is 35.7. The summed E-state index contributed by atoms with van der Waals surface area (Å²) in [6, 6.07) is 7.60. The fourth-order valence-electron chi connectivity index (χ4n) is 2.40. The van der Waals surface area contributed by atoms with Crippen molar-refractivity contribution in [1.82, 2.24) is 0 Å². The van der Waals surface area contributed by atoms with Crippen molar-refractivity contribution >= 4 is 19.7 Å². The Bertz CT molecular complexity index is 512. The van der Waals surface area contributed by atoms with Crippen LogP contribution in [0.5, 0.6) is 5.75 Å². The molecule has 4 nitrogen and oxygen atoms in total. The Labute approximate surface area is 118 Å². The Balaban J connectivity index is 2.10. The van der Waals surface area contributed by atoms with Crippen LogP contribution in [-0.2, 0) is 20.2 Å². The van der Waals surface area contributed by atoms with Crippen LogP contribution in [0.3, 0.4) is 0 Å². The van der Waals surface area contributed by atoms with E-state index < -0.39 is 14.3 Å². The second-order valence-electron chi connectivity index (χ2n) is 4.69. The van der Waals surface area contributed by atoms with Crippen LogP contribution < -0.4 is 4.74 Å². The van der Waals surface area contributed by atoms with E-state index in [0.29, 0.717) is 26.1 Å². The van der Waals surface area contributed by atoms with Gasteiger partial charge in [0.05, 0.1) is 19.0 Å². The molecule has 0 radical (unpaired) electrons. The quantitative estimate of drug-likeness (QED) is 0.800. The summed E-state index contributed by atoms with van der Waals surface area (Å²) in [7, 11) is 3.59. The summed E-state index contributed by atoms with van der Waals surface area (Å²) < 4.78 is 33.6. The third-order valence-corrected chi connectivity index (χ3v) is 5.45. The van der Waals surface area contributed by atoms with Gasteiger partial charge in [0, 0.05) is 23.2 Å². The van der Waals surface area contributed by atoms with Crippen molar-refractivity contribution in [3.8, 4) is 5.75 Å². The number of methoxy groups -OCH3 is 1. The molecule has 1 saturated heterocycles. The fraction of sp³-hybridized carbons (Fsp3) is 0.538. The van der Waals surface area contributed by atoms with Gasteiger partial charge in [0.1, 0.15) is 5.75 Å². The molecule has 0 spiro atoms. The second kappa shape index (κ2) is 6.11. The molecule has 2 rings (SSSR count). The van der Waals surface area contributed by atoms with Crippen LogP contribution in [0.15, 0.2) is 24.3 Å². The minimum atomic E-state index is -3.54. The van der Waals surface area contributed by atoms with Crippen molar-refractivity contribution < 1.29 is 17.9 Å². The Kier molecular flexibility index (Phi) is 4.71. The van der Waals surface area contributed by atoms with E-state index in [1.807, 2.05) is 24.3 Å². The van der Waals surface area contributed by atoms with E-state index in [-0.39, 0.29) is 5.92 Å². The molecule has 1 fully saturated rings. The summed E-state index contributed by atoms with van der Waals surface area (Å²) in [5.41, 5.74) is 1.06. The summed E-state index contributed by atoms with van der Waals surface area (Å²) >= 11 is 0. The van der Waals surface area contributed by atoms with Crippen LogP contribution in [-0.4, -0.2) is 34.0 Å². The molecule has 1 aliphatic rings. The maximum absolute atomic E-state index is 11.6. The van der Waals surface area contributed by atoms with E-state index in [0.717, 1.165) is 11.3 Å². The molecule has 106 valence electrons. The first-order chi connectivity index (χ1) is 9.00. The summed E-state index contributed by atoms with van der Waals surface area (Å²) in [5, 5.41) is -0.523. The molecular formula is C13H17ClO4S. The van der Waals surface area contributed by atoms with Crippen LogP contribution in [0.25, 0.3) is 0 Å². The van der Waals surface area contributed by atoms with Gasteiger partial charge in [-0.05, 0) is 30.5 Å². The van der Waals surface area contributed by atoms with Crippen molar-refractivity contribution in [1.29, 1.82) is 0 Å². The highest BCUT2D eigenvalue weighted by molar-refractivity contribution is 8.14. The molecule has 1 aromatic carbocycles. The van der Waals surface area contributed by atoms with Crippen molar-refractivity contribution in [2.75, 3.05) is 20.3 Å². The zero-order valence-electron chi connectivity index (χ0n) is 10.7. The van der Waals surface area contributed by atoms with Crippen molar-refractivity contribution in [2.24, 2.45) is 5.92 Å². The van der Waals surface area contributed by atoms with Gasteiger partial charge in [0.25, 0.3) is 0 Å². The molecule has 6 heteroatoms. The van der Waals surface area contributed by atoms with Gasteiger partial charge >= 0.3 is 0 Å². The second-order valence-corrected chi connectivity index (χ2v) is 7.54. The molecule has 0 unspecified atom stereocenters. The third kappa shape index (κ3) is 3.84. The minimum Gasteiger partial charge on any atom is -0.497 e. The van der Waals surface area contributed by atoms with E-state index in [1.165, 1.54) is 0 Å². The molecule has 0 aliphatic carbocycles. The molecule has 0 N–H and O–H groups in total. The number of hydrogen-bond acceptors (Lipinski definition) is 4. The van der Waals surface area contributed by atoms with Crippen molar-refractivity contribution in [3.05, 3.63) is 29.8 Å². The first-order valence-corrected chi connectivity index (χ1v) is 8.52. The number of rotatable bonds is 4. The molecule has 0 aromatic heterocycles. The van der Waals surface area contributed by atoms with Gasteiger partial charge in [-0.3, -0.25) is 0 Å². The topological polar surface area (TPSA) is 52.6 Å². The van der Waals surface area contributed by atoms with Crippen molar-refractivity contribution in [2.45, 2.75) is 18.1 Å². The number of hydrogen-bond donors (Lipinski definition) is 0. The van der Waals surface area contributed by atoms with Gasteiger partial charge in [0.2, 0.25) is 9.05 Å². The first-order valence-electron chi connectivity index (χ1n) is 6.15. The molecule has 1 aromatic rings. The van der Waals surface area contributed by atoms with E-state index in [4.69, 9.17) is 20.2 Å². The Morgan fingerprint density at radius 3 is 2.63 bits per heavy atom. The smallest absolute Gasteiger partial charge is 0.235 e. The SMILES string of the molecule is COc1ccc(C[C@H]2COCC[C@H]2S(=O)(=O)Cl)cc1. The Morgan fingerprint density at radius 1 is 1.37 bits per heavy atom. The molecule has 0 saturated carbocycles. The van der Waals surface area contributed by atoms with Gasteiger partial charge < -0.3 is 9.47 Å². The average Bonchev–Trinajstić information content (AvgIpc) is 2.39. The Morgan fingerprint density at radius 2 is 2.05 bits per heavy atom. The highest BCUT2D eigenvalue weighted by Gasteiger charge is 2.34. The van der Waals surface area contributed by atoms with Gasteiger partial charge in [-0.1, -0.05) is 12.1 Å². The number of ether oxygens (including phenoxy) is 2. The maximum atomic E-state index is 11.6. The molecule has 0 bridgehead atoms. The Hall–Kier alpha value is -0.780. The first kappa shape index (κ1) is 14.6. The maximum Gasteiger partial charge on any atom is 0.235 e. The van der Waals surface area contributed by atoms with Crippen LogP contribution in [0.2, 0.25) is 0 Å². The predicted molar refractivity (Wildman–Crippen MR) is 74.2 cm³/mol. The summed E-state index contributed by atoms with van der Waals surface area (Å²) in [6.07, 6.45) is 1.10. The molecule has 1 aliphatic heterocycles. The normalized spacial score (nSPS) is 24.1. The number of benzene rings is 1. The third-order valence-electron chi connectivity index (χ3n) is 3.42. The lowest BCUT2D eigenvalue weighted by Gasteiger charge is -2.29. The highest BCUT2D eigenvalue weighted by Crippen LogP contribution is 2.28. The summed E-state index contributed by atoms with van der Waals surface area (Å²) in [6.45, 7) is 0.887. The van der Waals surface area contributed by atoms with Crippen LogP contribution in [0.4, 0.5) is 0 Å². The van der Waals surface area contributed by atoms with Crippen LogP contribution in [0, 0.1) is 5.92 Å². The standard InChI is InChI=1S/C13H17ClO4S/c1-17-12-4-2-10(3-5-12)8-11-9-18-7-6-13(11)19(14,15)16/h2-5,11,13H,6-9H2,1H3/t11-,13+/m0/s1. The molecular weight excluding hydrogens is 288 g/mol. The minimum absolute atomic E-state index is 0.0929. The summed E-state index contributed by atoms with van der Waals surface area (Å²) in [5.74, 6) is 0.690. The van der Waals surface area contributed by atoms with Crippen molar-refractivity contribution in [3.63, 3.8) is 0 Å². The zero-order chi connectivity index (χ0) is 13.9. The monoisotopic (exact) mass is 304 g/mol. The van der Waals surface area contributed by atoms with Gasteiger partial charge in [0.15, 0.2) is 0 Å². The predicted octanol–water partition coefficient (Wildman–Crippen LogP) is 2.21. The zero-order valence-corrected chi connectivity index (χ0v) is 12.3. The van der Waals surface area contributed by atoms with Crippen LogP contribution in [0.1, 0.15) is 12.0 Å². The van der Waals surface area contributed by atoms with E-state index in [1.54, 1.807) is 7.11 Å². The van der Waals surface area contributed by atoms with Gasteiger partial charge in [-0.25, -0.2) is 8.42 Å². The van der Waals surface area contributed by atoms with E-state index in [9.17, 15) is 8.42 Å². The lowest BCUT2D eigenvalue weighted by molar-refractivity contribution is 0.0577. The van der Waals surface area contributed by atoms with Gasteiger partial charge in [-0.15, -0.1) is 0 Å². The van der Waals surface area contributed by atoms with E-state index >= 15 is 0 Å². The molecule has 1 heterocycles. The number of halogens is 1. The lowest BCUT2D eigenvalue weighted by atomic mass is 9.93. The molecule has 2 atom stereocenters. The average molecular weight is 305 g/mol. The van der Waals surface area contributed by atoms with Gasteiger partial charge in [-0.2, -0.15) is 0 Å². The lowest BCUT2D eigenvalue weighted by Crippen LogP contribution is -2.37. The summed E-state index contributed by atoms with van der Waals surface area (Å²) in [4.78, 5) is 0. The molecule has 0 amide bonds. The fourth-order valence-corrected chi connectivity index (χ4v) is 4.12.